The van der Waals surface area contributed by atoms with E-state index < -0.39 is 0 Å². The van der Waals surface area contributed by atoms with Crippen LogP contribution in [0.1, 0.15) is 10.4 Å². The zero-order valence-electron chi connectivity index (χ0n) is 8.89. The summed E-state index contributed by atoms with van der Waals surface area (Å²) in [5.74, 6) is -0.0210. The third-order valence-electron chi connectivity index (χ3n) is 2.77. The summed E-state index contributed by atoms with van der Waals surface area (Å²) in [6, 6.07) is 3.33. The van der Waals surface area contributed by atoms with Crippen LogP contribution in [0, 0.1) is 5.92 Å². The number of aliphatic hydroxyl groups excluding tert-OH is 1. The molecule has 5 heteroatoms. The molecule has 2 unspecified atom stereocenters. The monoisotopic (exact) mass is 221 g/mol. The van der Waals surface area contributed by atoms with Crippen LogP contribution in [0.25, 0.3) is 0 Å². The van der Waals surface area contributed by atoms with E-state index in [4.69, 9.17) is 0 Å². The van der Waals surface area contributed by atoms with Gasteiger partial charge in [-0.2, -0.15) is 0 Å². The van der Waals surface area contributed by atoms with Gasteiger partial charge in [0.15, 0.2) is 0 Å². The maximum atomic E-state index is 11.7. The van der Waals surface area contributed by atoms with Gasteiger partial charge in [0.1, 0.15) is 0 Å². The molecule has 1 aliphatic rings. The minimum Gasteiger partial charge on any atom is -0.391 e. The molecule has 1 amide bonds. The molecule has 0 aliphatic carbocycles. The Morgan fingerprint density at radius 3 is 2.88 bits per heavy atom. The summed E-state index contributed by atoms with van der Waals surface area (Å²) < 4.78 is 0. The molecule has 1 aromatic heterocycles. The second kappa shape index (κ2) is 5.05. The van der Waals surface area contributed by atoms with E-state index in [2.05, 4.69) is 15.6 Å². The third kappa shape index (κ3) is 2.56. The number of rotatable bonds is 3. The van der Waals surface area contributed by atoms with E-state index in [9.17, 15) is 9.90 Å². The number of aliphatic hydroxyl groups is 1. The van der Waals surface area contributed by atoms with Gasteiger partial charge in [0.05, 0.1) is 6.10 Å². The number of aromatic nitrogens is 1. The van der Waals surface area contributed by atoms with Crippen LogP contribution in [0.15, 0.2) is 24.5 Å². The average Bonchev–Trinajstić information content (AvgIpc) is 2.73. The van der Waals surface area contributed by atoms with Gasteiger partial charge in [-0.3, -0.25) is 9.78 Å². The molecule has 2 atom stereocenters. The highest BCUT2D eigenvalue weighted by Crippen LogP contribution is 2.07. The zero-order chi connectivity index (χ0) is 11.4. The second-order valence-electron chi connectivity index (χ2n) is 3.93. The lowest BCUT2D eigenvalue weighted by Crippen LogP contribution is -2.34. The highest BCUT2D eigenvalue weighted by molar-refractivity contribution is 5.93. The van der Waals surface area contributed by atoms with Crippen LogP contribution >= 0.6 is 0 Å². The molecule has 1 saturated heterocycles. The van der Waals surface area contributed by atoms with Crippen LogP contribution < -0.4 is 10.6 Å². The fraction of sp³-hybridized carbons (Fsp3) is 0.455. The van der Waals surface area contributed by atoms with Crippen LogP contribution in [-0.4, -0.2) is 41.7 Å². The summed E-state index contributed by atoms with van der Waals surface area (Å²) in [7, 11) is 0. The number of carbonyl (C=O) groups excluding carboxylic acids is 1. The maximum absolute atomic E-state index is 11.7. The van der Waals surface area contributed by atoms with Crippen molar-refractivity contribution in [3.63, 3.8) is 0 Å². The van der Waals surface area contributed by atoms with Crippen molar-refractivity contribution < 1.29 is 9.90 Å². The van der Waals surface area contributed by atoms with Crippen molar-refractivity contribution >= 4 is 5.91 Å². The fourth-order valence-corrected chi connectivity index (χ4v) is 1.76. The predicted octanol–water partition coefficient (Wildman–Crippen LogP) is -0.608. The Balaban J connectivity index is 1.84. The van der Waals surface area contributed by atoms with Crippen LogP contribution in [0.2, 0.25) is 0 Å². The van der Waals surface area contributed by atoms with Crippen molar-refractivity contribution in [3.8, 4) is 0 Å². The minimum absolute atomic E-state index is 0.103. The topological polar surface area (TPSA) is 74.2 Å². The van der Waals surface area contributed by atoms with Gasteiger partial charge in [-0.25, -0.2) is 0 Å². The van der Waals surface area contributed by atoms with E-state index in [0.29, 0.717) is 18.7 Å². The van der Waals surface area contributed by atoms with Gasteiger partial charge in [-0.05, 0) is 12.1 Å². The van der Waals surface area contributed by atoms with Crippen LogP contribution in [-0.2, 0) is 0 Å². The summed E-state index contributed by atoms with van der Waals surface area (Å²) in [5, 5.41) is 15.4. The molecule has 5 nitrogen and oxygen atoms in total. The SMILES string of the molecule is O=C(NCC1CNCC1O)c1ccncc1. The molecule has 0 bridgehead atoms. The molecule has 0 aromatic carbocycles. The van der Waals surface area contributed by atoms with Crippen molar-refractivity contribution in [1.82, 2.24) is 15.6 Å². The highest BCUT2D eigenvalue weighted by Gasteiger charge is 2.24. The van der Waals surface area contributed by atoms with E-state index in [-0.39, 0.29) is 17.9 Å². The molecule has 0 radical (unpaired) electrons. The summed E-state index contributed by atoms with van der Waals surface area (Å²) in [6.45, 7) is 1.85. The Labute approximate surface area is 93.9 Å². The molecular formula is C11H15N3O2. The Kier molecular flexibility index (Phi) is 3.48. The van der Waals surface area contributed by atoms with Gasteiger partial charge in [-0.15, -0.1) is 0 Å². The van der Waals surface area contributed by atoms with Gasteiger partial charge >= 0.3 is 0 Å². The number of hydrogen-bond acceptors (Lipinski definition) is 4. The molecule has 1 aliphatic heterocycles. The minimum atomic E-state index is -0.363. The molecule has 2 rings (SSSR count). The predicted molar refractivity (Wildman–Crippen MR) is 58.9 cm³/mol. The van der Waals surface area contributed by atoms with Gasteiger partial charge in [0.25, 0.3) is 5.91 Å². The van der Waals surface area contributed by atoms with E-state index >= 15 is 0 Å². The lowest BCUT2D eigenvalue weighted by Gasteiger charge is -2.13. The number of nitrogens with one attached hydrogen (secondary N) is 2. The maximum Gasteiger partial charge on any atom is 0.251 e. The van der Waals surface area contributed by atoms with Crippen molar-refractivity contribution in [2.24, 2.45) is 5.92 Å². The van der Waals surface area contributed by atoms with E-state index in [0.717, 1.165) is 6.54 Å². The highest BCUT2D eigenvalue weighted by atomic mass is 16.3. The number of β-amino-alcohol motifs (C(OH)–C–C–N with tert-alkyl or cyclic N) is 1. The second-order valence-corrected chi connectivity index (χ2v) is 3.93. The lowest BCUT2D eigenvalue weighted by atomic mass is 10.1. The normalized spacial score (nSPS) is 24.3. The quantitative estimate of drug-likeness (QED) is 0.636. The van der Waals surface area contributed by atoms with E-state index in [1.165, 1.54) is 0 Å². The number of carbonyl (C=O) groups is 1. The summed E-state index contributed by atoms with van der Waals surface area (Å²) in [6.07, 6.45) is 2.81. The standard InChI is InChI=1S/C11H15N3O2/c15-10-7-13-5-9(10)6-14-11(16)8-1-3-12-4-2-8/h1-4,9-10,13,15H,5-7H2,(H,14,16). The summed E-state index contributed by atoms with van der Waals surface area (Å²) >= 11 is 0. The molecule has 0 saturated carbocycles. The van der Waals surface area contributed by atoms with Crippen molar-refractivity contribution in [2.75, 3.05) is 19.6 Å². The third-order valence-corrected chi connectivity index (χ3v) is 2.77. The van der Waals surface area contributed by atoms with Crippen LogP contribution in [0.4, 0.5) is 0 Å². The van der Waals surface area contributed by atoms with Crippen molar-refractivity contribution in [1.29, 1.82) is 0 Å². The van der Waals surface area contributed by atoms with E-state index in [1.807, 2.05) is 0 Å². The Morgan fingerprint density at radius 1 is 1.50 bits per heavy atom. The molecule has 2 heterocycles. The summed E-state index contributed by atoms with van der Waals surface area (Å²) in [5.41, 5.74) is 0.593. The average molecular weight is 221 g/mol. The van der Waals surface area contributed by atoms with E-state index in [1.54, 1.807) is 24.5 Å². The van der Waals surface area contributed by atoms with Gasteiger partial charge in [0.2, 0.25) is 0 Å². The number of amides is 1. The molecule has 3 N–H and O–H groups in total. The smallest absolute Gasteiger partial charge is 0.251 e. The van der Waals surface area contributed by atoms with Gasteiger partial charge in [-0.1, -0.05) is 0 Å². The molecular weight excluding hydrogens is 206 g/mol. The molecule has 1 fully saturated rings. The first kappa shape index (κ1) is 11.0. The zero-order valence-corrected chi connectivity index (χ0v) is 8.89. The first-order chi connectivity index (χ1) is 7.77. The van der Waals surface area contributed by atoms with Gasteiger partial charge < -0.3 is 15.7 Å². The number of pyridine rings is 1. The van der Waals surface area contributed by atoms with Crippen molar-refractivity contribution in [3.05, 3.63) is 30.1 Å². The molecule has 86 valence electrons. The Morgan fingerprint density at radius 2 is 2.25 bits per heavy atom. The number of nitrogens with zero attached hydrogens (tertiary/aromatic N) is 1. The van der Waals surface area contributed by atoms with Gasteiger partial charge in [0, 0.05) is 43.5 Å². The molecule has 1 aromatic rings. The fourth-order valence-electron chi connectivity index (χ4n) is 1.76. The van der Waals surface area contributed by atoms with Crippen LogP contribution in [0.3, 0.4) is 0 Å². The Hall–Kier alpha value is -1.46. The Bertz CT molecular complexity index is 356. The first-order valence-corrected chi connectivity index (χ1v) is 5.34. The van der Waals surface area contributed by atoms with Crippen molar-refractivity contribution in [2.45, 2.75) is 6.10 Å². The largest absolute Gasteiger partial charge is 0.391 e. The molecule has 0 spiro atoms. The molecule has 16 heavy (non-hydrogen) atoms. The summed E-state index contributed by atoms with van der Waals surface area (Å²) in [4.78, 5) is 15.5. The first-order valence-electron chi connectivity index (χ1n) is 5.34. The number of hydrogen-bond donors (Lipinski definition) is 3. The van der Waals surface area contributed by atoms with Crippen LogP contribution in [0.5, 0.6) is 0 Å². The lowest BCUT2D eigenvalue weighted by molar-refractivity contribution is 0.0927.